The van der Waals surface area contributed by atoms with Crippen molar-refractivity contribution in [1.82, 2.24) is 15.1 Å². The number of aliphatic imine (C=N–C) groups is 1. The Bertz CT molecular complexity index is 723. The van der Waals surface area contributed by atoms with Crippen molar-refractivity contribution in [1.29, 1.82) is 0 Å². The van der Waals surface area contributed by atoms with Gasteiger partial charge in [0.1, 0.15) is 0 Å². The lowest BCUT2D eigenvalue weighted by Crippen LogP contribution is -2.53. The third-order valence-electron chi connectivity index (χ3n) is 6.26. The minimum Gasteiger partial charge on any atom is -0.368 e. The zero-order valence-corrected chi connectivity index (χ0v) is 17.0. The van der Waals surface area contributed by atoms with E-state index in [0.717, 1.165) is 37.7 Å². The summed E-state index contributed by atoms with van der Waals surface area (Å²) in [5, 5.41) is 3.53. The average molecular weight is 410 g/mol. The van der Waals surface area contributed by atoms with Crippen LogP contribution < -0.4 is 10.2 Å². The molecule has 3 fully saturated rings. The highest BCUT2D eigenvalue weighted by Gasteiger charge is 2.34. The molecule has 3 aliphatic rings. The van der Waals surface area contributed by atoms with E-state index in [1.165, 1.54) is 44.5 Å². The molecule has 1 aromatic carbocycles. The third kappa shape index (κ3) is 4.97. The SMILES string of the molecule is CN=C(NCC1CCN(C2CC2)C1)N1CCN(c2cccc(C(F)(F)F)c2)CC1. The maximum atomic E-state index is 13.0. The smallest absolute Gasteiger partial charge is 0.368 e. The van der Waals surface area contributed by atoms with Crippen molar-refractivity contribution in [2.75, 3.05) is 57.8 Å². The fourth-order valence-electron chi connectivity index (χ4n) is 4.42. The number of nitrogens with one attached hydrogen (secondary N) is 1. The van der Waals surface area contributed by atoms with Crippen molar-refractivity contribution in [3.05, 3.63) is 29.8 Å². The molecule has 0 aromatic heterocycles. The van der Waals surface area contributed by atoms with Crippen LogP contribution in [0.4, 0.5) is 18.9 Å². The van der Waals surface area contributed by atoms with E-state index in [4.69, 9.17) is 0 Å². The van der Waals surface area contributed by atoms with Gasteiger partial charge < -0.3 is 20.0 Å². The van der Waals surface area contributed by atoms with Crippen LogP contribution in [-0.2, 0) is 6.18 Å². The van der Waals surface area contributed by atoms with E-state index in [2.05, 4.69) is 20.1 Å². The summed E-state index contributed by atoms with van der Waals surface area (Å²) in [5.41, 5.74) is 0.0419. The van der Waals surface area contributed by atoms with Crippen LogP contribution in [0.1, 0.15) is 24.8 Å². The number of guanidine groups is 1. The molecule has 160 valence electrons. The molecule has 0 amide bonds. The number of anilines is 1. The summed E-state index contributed by atoms with van der Waals surface area (Å²) in [6.07, 6.45) is -0.348. The molecule has 29 heavy (non-hydrogen) atoms. The molecule has 1 aromatic rings. The lowest BCUT2D eigenvalue weighted by Gasteiger charge is -2.38. The number of alkyl halides is 3. The second kappa shape index (κ2) is 8.42. The van der Waals surface area contributed by atoms with Crippen LogP contribution in [0.5, 0.6) is 0 Å². The maximum absolute atomic E-state index is 13.0. The molecule has 4 rings (SSSR count). The molecule has 5 nitrogen and oxygen atoms in total. The monoisotopic (exact) mass is 409 g/mol. The molecule has 1 atom stereocenters. The summed E-state index contributed by atoms with van der Waals surface area (Å²) < 4.78 is 38.9. The zero-order valence-electron chi connectivity index (χ0n) is 17.0. The average Bonchev–Trinajstić information content (AvgIpc) is 3.47. The quantitative estimate of drug-likeness (QED) is 0.613. The fraction of sp³-hybridized carbons (Fsp3) is 0.667. The van der Waals surface area contributed by atoms with Gasteiger partial charge in [-0.05, 0) is 49.9 Å². The van der Waals surface area contributed by atoms with E-state index in [0.29, 0.717) is 24.7 Å². The van der Waals surface area contributed by atoms with Crippen molar-refractivity contribution < 1.29 is 13.2 Å². The van der Waals surface area contributed by atoms with Crippen LogP contribution in [0.25, 0.3) is 0 Å². The molecule has 1 aliphatic carbocycles. The van der Waals surface area contributed by atoms with E-state index in [1.807, 2.05) is 4.90 Å². The van der Waals surface area contributed by atoms with Crippen LogP contribution in [0.3, 0.4) is 0 Å². The van der Waals surface area contributed by atoms with Gasteiger partial charge in [-0.2, -0.15) is 13.2 Å². The Morgan fingerprint density at radius 3 is 2.52 bits per heavy atom. The minimum absolute atomic E-state index is 0.591. The standard InChI is InChI=1S/C21H30F3N5/c1-25-20(26-14-16-7-8-29(15-16)18-5-6-18)28-11-9-27(10-12-28)19-4-2-3-17(13-19)21(22,23)24/h2-4,13,16,18H,5-12,14-15H2,1H3,(H,25,26). The summed E-state index contributed by atoms with van der Waals surface area (Å²) >= 11 is 0. The lowest BCUT2D eigenvalue weighted by molar-refractivity contribution is -0.137. The topological polar surface area (TPSA) is 34.1 Å². The second-order valence-electron chi connectivity index (χ2n) is 8.33. The fourth-order valence-corrected chi connectivity index (χ4v) is 4.42. The second-order valence-corrected chi connectivity index (χ2v) is 8.33. The van der Waals surface area contributed by atoms with E-state index >= 15 is 0 Å². The Morgan fingerprint density at radius 2 is 1.86 bits per heavy atom. The molecule has 0 radical (unpaired) electrons. The van der Waals surface area contributed by atoms with Gasteiger partial charge in [0.2, 0.25) is 0 Å². The van der Waals surface area contributed by atoms with E-state index < -0.39 is 11.7 Å². The highest BCUT2D eigenvalue weighted by molar-refractivity contribution is 5.80. The Labute approximate surface area is 170 Å². The first-order chi connectivity index (χ1) is 13.9. The first kappa shape index (κ1) is 20.3. The number of hydrogen-bond acceptors (Lipinski definition) is 3. The van der Waals surface area contributed by atoms with E-state index in [-0.39, 0.29) is 0 Å². The van der Waals surface area contributed by atoms with Crippen LogP contribution >= 0.6 is 0 Å². The number of rotatable bonds is 4. The van der Waals surface area contributed by atoms with Crippen molar-refractivity contribution in [3.63, 3.8) is 0 Å². The minimum atomic E-state index is -4.31. The highest BCUT2D eigenvalue weighted by Crippen LogP contribution is 2.32. The molecule has 1 unspecified atom stereocenters. The number of benzene rings is 1. The molecule has 8 heteroatoms. The summed E-state index contributed by atoms with van der Waals surface area (Å²) in [6, 6.07) is 6.44. The van der Waals surface area contributed by atoms with E-state index in [9.17, 15) is 13.2 Å². The van der Waals surface area contributed by atoms with Gasteiger partial charge in [0.25, 0.3) is 0 Å². The third-order valence-corrected chi connectivity index (χ3v) is 6.26. The van der Waals surface area contributed by atoms with Gasteiger partial charge in [0.05, 0.1) is 5.56 Å². The lowest BCUT2D eigenvalue weighted by atomic mass is 10.1. The number of piperazine rings is 1. The first-order valence-electron chi connectivity index (χ1n) is 10.6. The van der Waals surface area contributed by atoms with Gasteiger partial charge >= 0.3 is 6.18 Å². The van der Waals surface area contributed by atoms with Gasteiger partial charge in [-0.1, -0.05) is 6.07 Å². The Kier molecular flexibility index (Phi) is 5.90. The summed E-state index contributed by atoms with van der Waals surface area (Å²) in [6.45, 7) is 6.18. The highest BCUT2D eigenvalue weighted by atomic mass is 19.4. The van der Waals surface area contributed by atoms with Gasteiger partial charge in [0.15, 0.2) is 5.96 Å². The normalized spacial score (nSPS) is 24.3. The molecular weight excluding hydrogens is 379 g/mol. The van der Waals surface area contributed by atoms with Crippen molar-refractivity contribution in [2.45, 2.75) is 31.5 Å². The van der Waals surface area contributed by atoms with Crippen LogP contribution in [0.2, 0.25) is 0 Å². The molecule has 0 bridgehead atoms. The maximum Gasteiger partial charge on any atom is 0.416 e. The zero-order chi connectivity index (χ0) is 20.4. The summed E-state index contributed by atoms with van der Waals surface area (Å²) in [7, 11) is 1.80. The first-order valence-corrected chi connectivity index (χ1v) is 10.6. The molecule has 2 aliphatic heterocycles. The van der Waals surface area contributed by atoms with E-state index in [1.54, 1.807) is 13.1 Å². The molecule has 0 spiro atoms. The van der Waals surface area contributed by atoms with Gasteiger partial charge in [-0.3, -0.25) is 4.99 Å². The van der Waals surface area contributed by atoms with Gasteiger partial charge in [-0.25, -0.2) is 0 Å². The molecular formula is C21H30F3N5. The summed E-state index contributed by atoms with van der Waals surface area (Å²) in [5.74, 6) is 1.57. The predicted molar refractivity (Wildman–Crippen MR) is 109 cm³/mol. The molecule has 1 saturated carbocycles. The van der Waals surface area contributed by atoms with Gasteiger partial charge in [0, 0.05) is 58.0 Å². The van der Waals surface area contributed by atoms with Gasteiger partial charge in [-0.15, -0.1) is 0 Å². The largest absolute Gasteiger partial charge is 0.416 e. The Balaban J connectivity index is 1.27. The summed E-state index contributed by atoms with van der Waals surface area (Å²) in [4.78, 5) is 11.3. The molecule has 1 N–H and O–H groups in total. The number of likely N-dealkylation sites (tertiary alicyclic amines) is 1. The molecule has 2 heterocycles. The number of hydrogen-bond donors (Lipinski definition) is 1. The Morgan fingerprint density at radius 1 is 1.10 bits per heavy atom. The Hall–Kier alpha value is -1.96. The van der Waals surface area contributed by atoms with Crippen molar-refractivity contribution in [3.8, 4) is 0 Å². The number of nitrogens with zero attached hydrogens (tertiary/aromatic N) is 4. The van der Waals surface area contributed by atoms with Crippen molar-refractivity contribution >= 4 is 11.6 Å². The van der Waals surface area contributed by atoms with Crippen LogP contribution in [-0.4, -0.2) is 74.7 Å². The van der Waals surface area contributed by atoms with Crippen molar-refractivity contribution in [2.24, 2.45) is 10.9 Å². The number of halogens is 3. The molecule has 2 saturated heterocycles. The predicted octanol–water partition coefficient (Wildman–Crippen LogP) is 2.89. The van der Waals surface area contributed by atoms with Crippen LogP contribution in [0, 0.1) is 5.92 Å². The van der Waals surface area contributed by atoms with Crippen LogP contribution in [0.15, 0.2) is 29.3 Å².